The molecule has 0 rings (SSSR count). The molecule has 0 fully saturated rings. The topological polar surface area (TPSA) is 27.7 Å². The van der Waals surface area contributed by atoms with Crippen LogP contribution in [0.1, 0.15) is 201 Å². The van der Waals surface area contributed by atoms with Gasteiger partial charge in [-0.25, -0.2) is 0 Å². The normalized spacial score (nSPS) is 13.6. The lowest BCUT2D eigenvalue weighted by molar-refractivity contribution is -0.103. The second-order valence-corrected chi connectivity index (χ2v) is 19.9. The van der Waals surface area contributed by atoms with Gasteiger partial charge in [0.1, 0.15) is 6.29 Å². The van der Waals surface area contributed by atoms with E-state index in [2.05, 4.69) is 73.7 Å². The highest BCUT2D eigenvalue weighted by Gasteiger charge is 2.29. The minimum absolute atomic E-state index is 0.127. The number of unbranched alkanes of at least 4 members (excludes halogenated alkanes) is 21. The summed E-state index contributed by atoms with van der Waals surface area (Å²) in [5.74, 6) is 1.26. The van der Waals surface area contributed by atoms with Gasteiger partial charge in [0.05, 0.1) is 6.61 Å². The molecule has 6 heteroatoms. The van der Waals surface area contributed by atoms with Crippen molar-refractivity contribution in [3.8, 4) is 0 Å². The number of alkyl halides is 1. The van der Waals surface area contributed by atoms with Crippen molar-refractivity contribution in [2.24, 2.45) is 0 Å². The summed E-state index contributed by atoms with van der Waals surface area (Å²) in [6.45, 7) is 13.0. The van der Waals surface area contributed by atoms with E-state index in [1.54, 1.807) is 0 Å². The highest BCUT2D eigenvalue weighted by Crippen LogP contribution is 2.24. The molecule has 0 aliphatic carbocycles. The Hall–Kier alpha value is 0.667. The molecule has 0 saturated carbocycles. The Morgan fingerprint density at radius 1 is 0.574 bits per heavy atom. The first-order valence-corrected chi connectivity index (χ1v) is 25.7. The molecule has 282 valence electrons. The standard InChI is InChI=1S/C41H83BrO3SSi/c1-6-9-12-14-16-17-18-19-20-21-22-23-24-26-30-35-41(45-47(4,5)44-37-32-28-27-31-36-42)43-39-40(46-38-33-11-8-3)34-29-25-15-13-10-7-2/h19-20,40-41H,6-18,21-39H2,1-5H3/b20-19-. The first-order valence-electron chi connectivity index (χ1n) is 20.7. The van der Waals surface area contributed by atoms with Crippen LogP contribution in [0.25, 0.3) is 0 Å². The van der Waals surface area contributed by atoms with E-state index in [4.69, 9.17) is 13.6 Å². The monoisotopic (exact) mass is 763 g/mol. The SMILES string of the molecule is CCCCCCCC/C=C\CCCCCCCC(OCC(CCCCCCCC)SCCCCC)O[Si](C)(C)OCCCCCCBr. The van der Waals surface area contributed by atoms with E-state index in [9.17, 15) is 0 Å². The van der Waals surface area contributed by atoms with Crippen molar-refractivity contribution >= 4 is 36.3 Å². The molecule has 47 heavy (non-hydrogen) atoms. The van der Waals surface area contributed by atoms with E-state index in [1.807, 2.05) is 0 Å². The number of thioether (sulfide) groups is 1. The van der Waals surface area contributed by atoms with Crippen LogP contribution in [0.3, 0.4) is 0 Å². The Kier molecular flexibility index (Phi) is 38.4. The maximum absolute atomic E-state index is 6.72. The molecular formula is C41H83BrO3SSi. The number of ether oxygens (including phenoxy) is 1. The van der Waals surface area contributed by atoms with E-state index in [-0.39, 0.29) is 6.29 Å². The Balaban J connectivity index is 4.69. The predicted octanol–water partition coefficient (Wildman–Crippen LogP) is 15.1. The summed E-state index contributed by atoms with van der Waals surface area (Å²) in [5.41, 5.74) is 0. The van der Waals surface area contributed by atoms with Crippen LogP contribution in [-0.2, 0) is 13.6 Å². The minimum Gasteiger partial charge on any atom is -0.394 e. The Labute approximate surface area is 310 Å². The molecule has 0 aliphatic rings. The summed E-state index contributed by atoms with van der Waals surface area (Å²) in [6.07, 6.45) is 41.3. The van der Waals surface area contributed by atoms with Gasteiger partial charge in [0.15, 0.2) is 0 Å². The van der Waals surface area contributed by atoms with Gasteiger partial charge in [0.2, 0.25) is 0 Å². The van der Waals surface area contributed by atoms with Gasteiger partial charge in [0, 0.05) is 17.2 Å². The van der Waals surface area contributed by atoms with E-state index < -0.39 is 8.56 Å². The fourth-order valence-electron chi connectivity index (χ4n) is 5.96. The maximum Gasteiger partial charge on any atom is 0.333 e. The minimum atomic E-state index is -2.24. The van der Waals surface area contributed by atoms with E-state index in [1.165, 1.54) is 173 Å². The molecule has 3 nitrogen and oxygen atoms in total. The van der Waals surface area contributed by atoms with Crippen molar-refractivity contribution in [2.45, 2.75) is 225 Å². The molecule has 0 aromatic heterocycles. The lowest BCUT2D eigenvalue weighted by Gasteiger charge is -2.30. The first-order chi connectivity index (χ1) is 23.0. The molecule has 0 spiro atoms. The highest BCUT2D eigenvalue weighted by molar-refractivity contribution is 9.09. The second kappa shape index (κ2) is 37.9. The zero-order valence-corrected chi connectivity index (χ0v) is 35.9. The zero-order chi connectivity index (χ0) is 34.5. The molecule has 0 bridgehead atoms. The first kappa shape index (κ1) is 47.7. The van der Waals surface area contributed by atoms with E-state index in [0.29, 0.717) is 5.25 Å². The van der Waals surface area contributed by atoms with Gasteiger partial charge < -0.3 is 13.6 Å². The molecule has 0 aromatic carbocycles. The third-order valence-corrected chi connectivity index (χ3v) is 12.7. The molecule has 2 unspecified atom stereocenters. The van der Waals surface area contributed by atoms with Gasteiger partial charge >= 0.3 is 8.56 Å². The molecule has 0 radical (unpaired) electrons. The number of hydrogen-bond donors (Lipinski definition) is 0. The molecule has 0 N–H and O–H groups in total. The number of halogens is 1. The van der Waals surface area contributed by atoms with Crippen LogP contribution < -0.4 is 0 Å². The third kappa shape index (κ3) is 36.3. The molecular weight excluding hydrogens is 681 g/mol. The van der Waals surface area contributed by atoms with Gasteiger partial charge in [-0.05, 0) is 83.1 Å². The molecule has 0 aromatic rings. The Morgan fingerprint density at radius 3 is 1.66 bits per heavy atom. The van der Waals surface area contributed by atoms with Crippen molar-refractivity contribution in [3.05, 3.63) is 12.2 Å². The number of rotatable bonds is 39. The van der Waals surface area contributed by atoms with Crippen LogP contribution >= 0.6 is 27.7 Å². The fourth-order valence-corrected chi connectivity index (χ4v) is 9.09. The van der Waals surface area contributed by atoms with Crippen LogP contribution in [0.4, 0.5) is 0 Å². The fraction of sp³-hybridized carbons (Fsp3) is 0.951. The van der Waals surface area contributed by atoms with E-state index in [0.717, 1.165) is 31.4 Å². The third-order valence-electron chi connectivity index (χ3n) is 9.04. The second-order valence-electron chi connectivity index (χ2n) is 14.4. The van der Waals surface area contributed by atoms with Gasteiger partial charge in [0.25, 0.3) is 0 Å². The van der Waals surface area contributed by atoms with Crippen LogP contribution in [0.5, 0.6) is 0 Å². The lowest BCUT2D eigenvalue weighted by atomic mass is 10.1. The summed E-state index contributed by atoms with van der Waals surface area (Å²) in [6, 6.07) is 0. The van der Waals surface area contributed by atoms with Crippen LogP contribution in [0.15, 0.2) is 12.2 Å². The maximum atomic E-state index is 6.72. The Bertz CT molecular complexity index is 636. The van der Waals surface area contributed by atoms with Crippen molar-refractivity contribution in [1.82, 2.24) is 0 Å². The van der Waals surface area contributed by atoms with Gasteiger partial charge in [-0.15, -0.1) is 0 Å². The summed E-state index contributed by atoms with van der Waals surface area (Å²) in [5, 5.41) is 1.68. The van der Waals surface area contributed by atoms with Crippen LogP contribution in [0, 0.1) is 0 Å². The molecule has 0 amide bonds. The van der Waals surface area contributed by atoms with Crippen molar-refractivity contribution < 1.29 is 13.6 Å². The van der Waals surface area contributed by atoms with Gasteiger partial charge in [-0.1, -0.05) is 164 Å². The smallest absolute Gasteiger partial charge is 0.333 e. The largest absolute Gasteiger partial charge is 0.394 e. The molecule has 0 heterocycles. The summed E-state index contributed by atoms with van der Waals surface area (Å²) in [7, 11) is -2.24. The molecule has 2 atom stereocenters. The predicted molar refractivity (Wildman–Crippen MR) is 220 cm³/mol. The average Bonchev–Trinajstić information content (AvgIpc) is 3.06. The summed E-state index contributed by atoms with van der Waals surface area (Å²) in [4.78, 5) is 0. The summed E-state index contributed by atoms with van der Waals surface area (Å²) < 4.78 is 19.8. The molecule has 0 aliphatic heterocycles. The number of hydrogen-bond acceptors (Lipinski definition) is 4. The van der Waals surface area contributed by atoms with E-state index >= 15 is 0 Å². The van der Waals surface area contributed by atoms with Gasteiger partial charge in [-0.3, -0.25) is 0 Å². The van der Waals surface area contributed by atoms with Crippen LogP contribution in [0.2, 0.25) is 13.1 Å². The van der Waals surface area contributed by atoms with Crippen LogP contribution in [-0.4, -0.2) is 44.4 Å². The Morgan fingerprint density at radius 2 is 1.06 bits per heavy atom. The highest BCUT2D eigenvalue weighted by atomic mass is 79.9. The average molecular weight is 764 g/mol. The van der Waals surface area contributed by atoms with Crippen molar-refractivity contribution in [1.29, 1.82) is 0 Å². The molecule has 0 saturated heterocycles. The van der Waals surface area contributed by atoms with Crippen molar-refractivity contribution in [3.63, 3.8) is 0 Å². The quantitative estimate of drug-likeness (QED) is 0.0205. The number of allylic oxidation sites excluding steroid dienone is 2. The zero-order valence-electron chi connectivity index (χ0n) is 32.4. The van der Waals surface area contributed by atoms with Gasteiger partial charge in [-0.2, -0.15) is 11.8 Å². The summed E-state index contributed by atoms with van der Waals surface area (Å²) >= 11 is 5.70. The van der Waals surface area contributed by atoms with Crippen molar-refractivity contribution in [2.75, 3.05) is 24.3 Å². The lowest BCUT2D eigenvalue weighted by Crippen LogP contribution is -2.41.